The van der Waals surface area contributed by atoms with E-state index < -0.39 is 11.4 Å². The summed E-state index contributed by atoms with van der Waals surface area (Å²) in [5.41, 5.74) is 2.13. The van der Waals surface area contributed by atoms with Gasteiger partial charge in [0.2, 0.25) is 0 Å². The molecule has 4 bridgehead atoms. The van der Waals surface area contributed by atoms with Crippen molar-refractivity contribution >= 4 is 16.9 Å². The predicted molar refractivity (Wildman–Crippen MR) is 97.1 cm³/mol. The summed E-state index contributed by atoms with van der Waals surface area (Å²) in [4.78, 5) is 18.6. The summed E-state index contributed by atoms with van der Waals surface area (Å²) in [6.07, 6.45) is 3.74. The first-order valence-corrected chi connectivity index (χ1v) is 9.73. The van der Waals surface area contributed by atoms with Crippen LogP contribution in [0.3, 0.4) is 0 Å². The summed E-state index contributed by atoms with van der Waals surface area (Å²) in [7, 11) is 1.67. The molecule has 138 valence electrons. The summed E-state index contributed by atoms with van der Waals surface area (Å²) >= 11 is 0. The number of H-pyrrole nitrogens is 1. The van der Waals surface area contributed by atoms with Crippen LogP contribution in [0.15, 0.2) is 18.2 Å². The molecule has 5 nitrogen and oxygen atoms in total. The third-order valence-corrected chi connectivity index (χ3v) is 7.18. The van der Waals surface area contributed by atoms with Gasteiger partial charge in [0, 0.05) is 35.7 Å². The van der Waals surface area contributed by atoms with Crippen LogP contribution in [0.2, 0.25) is 0 Å². The molecule has 5 atom stereocenters. The number of carbonyl (C=O) groups excluding carboxylic acids is 1. The Morgan fingerprint density at radius 2 is 2.26 bits per heavy atom. The fourth-order valence-electron chi connectivity index (χ4n) is 6.24. The molecule has 1 aromatic heterocycles. The van der Waals surface area contributed by atoms with Crippen LogP contribution >= 0.6 is 0 Å². The third-order valence-electron chi connectivity index (χ3n) is 7.18. The maximum Gasteiger partial charge on any atom is 1.00 e. The first kappa shape index (κ1) is 19.9. The Hall–Kier alpha value is -0.374. The molecule has 2 saturated heterocycles. The third kappa shape index (κ3) is 2.71. The van der Waals surface area contributed by atoms with Gasteiger partial charge in [-0.1, -0.05) is 13.3 Å². The van der Waals surface area contributed by atoms with Gasteiger partial charge in [0.05, 0.1) is 18.5 Å². The number of fused-ring (bicyclic) bond motifs is 4. The van der Waals surface area contributed by atoms with Crippen LogP contribution in [-0.2, 0) is 16.6 Å². The molecule has 3 aliphatic heterocycles. The van der Waals surface area contributed by atoms with Crippen LogP contribution in [0.1, 0.15) is 37.4 Å². The number of nitrogens with zero attached hydrogens (tertiary/aromatic N) is 1. The minimum absolute atomic E-state index is 0. The molecule has 2 aromatic rings. The number of nitrogens with one attached hydrogen (secondary N) is 1. The molecule has 4 heterocycles. The quantitative estimate of drug-likeness (QED) is 0.670. The summed E-state index contributed by atoms with van der Waals surface area (Å²) in [5, 5.41) is 13.8. The number of carbonyl (C=O) groups is 1. The van der Waals surface area contributed by atoms with Crippen LogP contribution in [0, 0.1) is 11.8 Å². The molecule has 0 amide bonds. The first-order valence-electron chi connectivity index (χ1n) is 9.73. The second kappa shape index (κ2) is 7.15. The monoisotopic (exact) mass is 392 g/mol. The standard InChI is InChI=1S/C21H26N2O3.K/c1-3-13-8-12-10-21(20(24)25)18-15(6-7-23(11-12)19(13)21)16-9-14(26-2)4-5-17(16)22-18;/h4-5,9,12-13,19,22H,3,6-8,10-11H2,1-2H3,(H,24,25);/q;+1/p-1/t12-,13-,19-,21+;/m0./s1. The van der Waals surface area contributed by atoms with E-state index >= 15 is 0 Å². The molecule has 0 radical (unpaired) electrons. The van der Waals surface area contributed by atoms with E-state index in [0.717, 1.165) is 60.3 Å². The number of piperidine rings is 2. The van der Waals surface area contributed by atoms with Gasteiger partial charge in [-0.25, -0.2) is 0 Å². The van der Waals surface area contributed by atoms with Gasteiger partial charge in [-0.05, 0) is 54.9 Å². The summed E-state index contributed by atoms with van der Waals surface area (Å²) < 4.78 is 5.40. The number of hydrogen-bond donors (Lipinski definition) is 1. The van der Waals surface area contributed by atoms with Gasteiger partial charge in [-0.3, -0.25) is 4.90 Å². The van der Waals surface area contributed by atoms with E-state index in [0.29, 0.717) is 18.3 Å². The Balaban J connectivity index is 0.00000180. The Labute approximate surface area is 202 Å². The van der Waals surface area contributed by atoms with Crippen molar-refractivity contribution in [1.82, 2.24) is 9.88 Å². The maximum atomic E-state index is 12.7. The zero-order valence-electron chi connectivity index (χ0n) is 16.4. The Bertz CT molecular complexity index is 895. The van der Waals surface area contributed by atoms with Gasteiger partial charge in [-0.2, -0.15) is 0 Å². The summed E-state index contributed by atoms with van der Waals surface area (Å²) in [5.74, 6) is 0.765. The van der Waals surface area contributed by atoms with Crippen molar-refractivity contribution in [3.8, 4) is 5.75 Å². The van der Waals surface area contributed by atoms with Crippen LogP contribution in [0.5, 0.6) is 5.75 Å². The molecule has 6 rings (SSSR count). The van der Waals surface area contributed by atoms with Crippen LogP contribution < -0.4 is 61.2 Å². The average molecular weight is 393 g/mol. The van der Waals surface area contributed by atoms with Gasteiger partial charge in [0.1, 0.15) is 5.75 Å². The van der Waals surface area contributed by atoms with Gasteiger partial charge < -0.3 is 19.6 Å². The number of aromatic amines is 1. The van der Waals surface area contributed by atoms with E-state index in [1.165, 1.54) is 0 Å². The largest absolute Gasteiger partial charge is 1.00 e. The number of rotatable bonds is 3. The van der Waals surface area contributed by atoms with E-state index in [2.05, 4.69) is 16.8 Å². The van der Waals surface area contributed by atoms with Crippen molar-refractivity contribution in [3.05, 3.63) is 29.5 Å². The number of methoxy groups -OCH3 is 1. The molecule has 6 heteroatoms. The molecular formula is C21H25KN2O3. The van der Waals surface area contributed by atoms with Gasteiger partial charge in [0.15, 0.2) is 0 Å². The van der Waals surface area contributed by atoms with Crippen molar-refractivity contribution < 1.29 is 66.0 Å². The van der Waals surface area contributed by atoms with Crippen LogP contribution in [0.4, 0.5) is 0 Å². The molecule has 1 saturated carbocycles. The predicted octanol–water partition coefficient (Wildman–Crippen LogP) is -1.16. The Kier molecular flexibility index (Phi) is 5.27. The molecule has 4 aliphatic rings. The molecule has 3 fully saturated rings. The number of carboxylic acid groups (broad SMARTS) is 1. The Morgan fingerprint density at radius 1 is 1.44 bits per heavy atom. The van der Waals surface area contributed by atoms with Gasteiger partial charge >= 0.3 is 51.4 Å². The minimum Gasteiger partial charge on any atom is -0.549 e. The van der Waals surface area contributed by atoms with Crippen molar-refractivity contribution in [2.24, 2.45) is 11.8 Å². The molecular weight excluding hydrogens is 367 g/mol. The van der Waals surface area contributed by atoms with Crippen molar-refractivity contribution in [1.29, 1.82) is 0 Å². The van der Waals surface area contributed by atoms with Crippen molar-refractivity contribution in [2.75, 3.05) is 20.2 Å². The maximum absolute atomic E-state index is 12.7. The van der Waals surface area contributed by atoms with Gasteiger partial charge in [-0.15, -0.1) is 0 Å². The van der Waals surface area contributed by atoms with E-state index in [1.54, 1.807) is 7.11 Å². The first-order chi connectivity index (χ1) is 12.6. The van der Waals surface area contributed by atoms with Crippen molar-refractivity contribution in [2.45, 2.75) is 44.1 Å². The number of ether oxygens (including phenoxy) is 1. The Morgan fingerprint density at radius 3 is 2.96 bits per heavy atom. The zero-order chi connectivity index (χ0) is 18.1. The smallest absolute Gasteiger partial charge is 0.549 e. The number of aromatic nitrogens is 1. The second-order valence-corrected chi connectivity index (χ2v) is 8.31. The molecule has 1 N–H and O–H groups in total. The molecule has 0 spiro atoms. The molecule has 1 aliphatic carbocycles. The van der Waals surface area contributed by atoms with E-state index in [1.807, 2.05) is 18.2 Å². The minimum atomic E-state index is -0.917. The molecule has 1 unspecified atom stereocenters. The van der Waals surface area contributed by atoms with E-state index in [4.69, 9.17) is 4.74 Å². The average Bonchev–Trinajstić information content (AvgIpc) is 2.99. The van der Waals surface area contributed by atoms with Gasteiger partial charge in [0.25, 0.3) is 0 Å². The van der Waals surface area contributed by atoms with E-state index in [-0.39, 0.29) is 57.4 Å². The second-order valence-electron chi connectivity index (χ2n) is 8.31. The molecule has 27 heavy (non-hydrogen) atoms. The molecule has 1 aromatic carbocycles. The van der Waals surface area contributed by atoms with Crippen molar-refractivity contribution in [3.63, 3.8) is 0 Å². The van der Waals surface area contributed by atoms with Crippen LogP contribution in [-0.4, -0.2) is 42.1 Å². The number of aliphatic carboxylic acids is 1. The number of hydrogen-bond acceptors (Lipinski definition) is 4. The topological polar surface area (TPSA) is 68.4 Å². The summed E-state index contributed by atoms with van der Waals surface area (Å²) in [6, 6.07) is 6.01. The van der Waals surface area contributed by atoms with E-state index in [9.17, 15) is 9.90 Å². The SMILES string of the molecule is CC[C@H]1C[C@@H]2CN3CCc4c([nH]c5ccc(OC)cc45)[C@](C(=O)[O-])(C2)[C@H]13.[K+]. The number of carboxylic acids is 1. The fraction of sp³-hybridized carbons (Fsp3) is 0.571. The zero-order valence-corrected chi connectivity index (χ0v) is 19.5. The summed E-state index contributed by atoms with van der Waals surface area (Å²) in [6.45, 7) is 4.14. The number of benzene rings is 1. The van der Waals surface area contributed by atoms with Crippen LogP contribution in [0.25, 0.3) is 10.9 Å². The normalized spacial score (nSPS) is 33.9. The fourth-order valence-corrected chi connectivity index (χ4v) is 6.24.